The summed E-state index contributed by atoms with van der Waals surface area (Å²) in [5.41, 5.74) is -0.577. The normalized spacial score (nSPS) is 11.1. The van der Waals surface area contributed by atoms with Crippen molar-refractivity contribution >= 4 is 21.6 Å². The number of nitro groups is 1. The predicted molar refractivity (Wildman–Crippen MR) is 74.2 cm³/mol. The molecule has 0 heterocycles. The molecular formula is C12H16N2O6S. The number of nitro benzene ring substituents is 1. The van der Waals surface area contributed by atoms with Crippen molar-refractivity contribution in [3.05, 3.63) is 34.4 Å². The summed E-state index contributed by atoms with van der Waals surface area (Å²) >= 11 is 0. The summed E-state index contributed by atoms with van der Waals surface area (Å²) in [6.07, 6.45) is 0.325. The van der Waals surface area contributed by atoms with E-state index in [0.717, 1.165) is 12.1 Å². The van der Waals surface area contributed by atoms with E-state index in [-0.39, 0.29) is 6.42 Å². The molecule has 1 rings (SSSR count). The van der Waals surface area contributed by atoms with Crippen molar-refractivity contribution in [3.63, 3.8) is 0 Å². The molecule has 1 aromatic rings. The molecule has 0 fully saturated rings. The lowest BCUT2D eigenvalue weighted by atomic mass is 10.3. The molecule has 0 aliphatic carbocycles. The molecule has 0 aromatic heterocycles. The van der Waals surface area contributed by atoms with Gasteiger partial charge < -0.3 is 4.74 Å². The van der Waals surface area contributed by atoms with Crippen LogP contribution in [0.15, 0.2) is 29.2 Å². The number of rotatable bonds is 8. The van der Waals surface area contributed by atoms with Crippen LogP contribution in [0.5, 0.6) is 0 Å². The van der Waals surface area contributed by atoms with E-state index in [1.807, 2.05) is 4.72 Å². The lowest BCUT2D eigenvalue weighted by molar-refractivity contribution is -0.387. The highest BCUT2D eigenvalue weighted by Gasteiger charge is 2.26. The number of para-hydroxylation sites is 1. The van der Waals surface area contributed by atoms with Gasteiger partial charge in [-0.3, -0.25) is 14.9 Å². The Morgan fingerprint density at radius 3 is 2.67 bits per heavy atom. The number of ether oxygens (including phenoxy) is 1. The van der Waals surface area contributed by atoms with Crippen molar-refractivity contribution in [2.45, 2.75) is 24.7 Å². The number of carbonyl (C=O) groups excluding carboxylic acids is 1. The molecule has 0 radical (unpaired) electrons. The number of benzene rings is 1. The zero-order valence-electron chi connectivity index (χ0n) is 11.4. The maximum atomic E-state index is 12.0. The number of amides is 1. The molecule has 21 heavy (non-hydrogen) atoms. The van der Waals surface area contributed by atoms with Gasteiger partial charge in [0.2, 0.25) is 5.91 Å². The van der Waals surface area contributed by atoms with E-state index in [4.69, 9.17) is 4.74 Å². The van der Waals surface area contributed by atoms with E-state index in [0.29, 0.717) is 19.6 Å². The number of carbonyl (C=O) groups is 1. The molecule has 116 valence electrons. The molecule has 1 N–H and O–H groups in total. The van der Waals surface area contributed by atoms with E-state index in [1.165, 1.54) is 12.1 Å². The van der Waals surface area contributed by atoms with Crippen LogP contribution in [-0.2, 0) is 19.6 Å². The minimum absolute atomic E-state index is 0.0418. The van der Waals surface area contributed by atoms with Gasteiger partial charge >= 0.3 is 0 Å². The van der Waals surface area contributed by atoms with Gasteiger partial charge in [0.15, 0.2) is 4.90 Å². The van der Waals surface area contributed by atoms with Crippen LogP contribution < -0.4 is 4.72 Å². The minimum Gasteiger partial charge on any atom is -0.382 e. The topological polar surface area (TPSA) is 116 Å². The number of nitrogens with zero attached hydrogens (tertiary/aromatic N) is 1. The van der Waals surface area contributed by atoms with Crippen molar-refractivity contribution in [1.82, 2.24) is 4.72 Å². The standard InChI is InChI=1S/C12H16N2O6S/c1-2-20-9-5-8-12(15)13-21(18,19)11-7-4-3-6-10(11)14(16)17/h3-4,6-7H,2,5,8-9H2,1H3,(H,13,15). The first kappa shape index (κ1) is 17.1. The molecule has 8 nitrogen and oxygen atoms in total. The minimum atomic E-state index is -4.26. The van der Waals surface area contributed by atoms with Crippen LogP contribution in [-0.4, -0.2) is 32.5 Å². The van der Waals surface area contributed by atoms with E-state index in [9.17, 15) is 23.3 Å². The maximum absolute atomic E-state index is 12.0. The lowest BCUT2D eigenvalue weighted by Gasteiger charge is -2.07. The van der Waals surface area contributed by atoms with E-state index in [2.05, 4.69) is 0 Å². The summed E-state index contributed by atoms with van der Waals surface area (Å²) in [5.74, 6) is -0.729. The molecule has 0 unspecified atom stereocenters. The van der Waals surface area contributed by atoms with Crippen LogP contribution in [0.3, 0.4) is 0 Å². The molecule has 0 bridgehead atoms. The molecule has 0 aliphatic heterocycles. The molecule has 0 spiro atoms. The second kappa shape index (κ2) is 7.70. The van der Waals surface area contributed by atoms with Crippen LogP contribution in [0.1, 0.15) is 19.8 Å². The van der Waals surface area contributed by atoms with E-state index >= 15 is 0 Å². The molecule has 0 aliphatic rings. The quantitative estimate of drug-likeness (QED) is 0.438. The van der Waals surface area contributed by atoms with Crippen LogP contribution >= 0.6 is 0 Å². The highest BCUT2D eigenvalue weighted by atomic mass is 32.2. The van der Waals surface area contributed by atoms with Gasteiger partial charge in [-0.25, -0.2) is 13.1 Å². The Labute approximate surface area is 122 Å². The SMILES string of the molecule is CCOCCCC(=O)NS(=O)(=O)c1ccccc1[N+](=O)[O-]. The number of nitrogens with one attached hydrogen (secondary N) is 1. The first-order valence-electron chi connectivity index (χ1n) is 6.25. The molecule has 0 atom stereocenters. The van der Waals surface area contributed by atoms with Crippen molar-refractivity contribution in [2.75, 3.05) is 13.2 Å². The monoisotopic (exact) mass is 316 g/mol. The number of hydrogen-bond acceptors (Lipinski definition) is 6. The zero-order chi connectivity index (χ0) is 15.9. The van der Waals surface area contributed by atoms with Crippen molar-refractivity contribution in [2.24, 2.45) is 0 Å². The van der Waals surface area contributed by atoms with Crippen LogP contribution in [0.2, 0.25) is 0 Å². The fourth-order valence-corrected chi connectivity index (χ4v) is 2.76. The summed E-state index contributed by atoms with van der Waals surface area (Å²) < 4.78 is 30.8. The molecular weight excluding hydrogens is 300 g/mol. The highest BCUT2D eigenvalue weighted by Crippen LogP contribution is 2.22. The van der Waals surface area contributed by atoms with Crippen LogP contribution in [0.4, 0.5) is 5.69 Å². The zero-order valence-corrected chi connectivity index (χ0v) is 12.3. The van der Waals surface area contributed by atoms with Gasteiger partial charge in [0, 0.05) is 25.7 Å². The molecule has 0 saturated carbocycles. The Hall–Kier alpha value is -2.00. The van der Waals surface area contributed by atoms with Crippen LogP contribution in [0.25, 0.3) is 0 Å². The lowest BCUT2D eigenvalue weighted by Crippen LogP contribution is -2.31. The van der Waals surface area contributed by atoms with Gasteiger partial charge in [0.05, 0.1) is 4.92 Å². The Kier molecular flexibility index (Phi) is 6.25. The summed E-state index contributed by atoms with van der Waals surface area (Å²) in [5, 5.41) is 10.8. The molecule has 1 amide bonds. The summed E-state index contributed by atoms with van der Waals surface area (Å²) in [4.78, 5) is 21.0. The Balaban J connectivity index is 2.78. The van der Waals surface area contributed by atoms with Crippen molar-refractivity contribution < 1.29 is 22.9 Å². The third-order valence-electron chi connectivity index (χ3n) is 2.50. The fraction of sp³-hybridized carbons (Fsp3) is 0.417. The summed E-state index contributed by atoms with van der Waals surface area (Å²) in [7, 11) is -4.26. The molecule has 0 saturated heterocycles. The smallest absolute Gasteiger partial charge is 0.289 e. The Bertz CT molecular complexity index is 614. The Morgan fingerprint density at radius 1 is 1.38 bits per heavy atom. The molecule has 1 aromatic carbocycles. The maximum Gasteiger partial charge on any atom is 0.289 e. The van der Waals surface area contributed by atoms with Gasteiger partial charge in [-0.2, -0.15) is 0 Å². The van der Waals surface area contributed by atoms with Crippen molar-refractivity contribution in [1.29, 1.82) is 0 Å². The second-order valence-electron chi connectivity index (χ2n) is 4.05. The summed E-state index contributed by atoms with van der Waals surface area (Å²) in [6.45, 7) is 2.66. The highest BCUT2D eigenvalue weighted by molar-refractivity contribution is 7.90. The van der Waals surface area contributed by atoms with Gasteiger partial charge in [-0.15, -0.1) is 0 Å². The first-order chi connectivity index (χ1) is 9.88. The van der Waals surface area contributed by atoms with Crippen molar-refractivity contribution in [3.8, 4) is 0 Å². The fourth-order valence-electron chi connectivity index (χ4n) is 1.57. The van der Waals surface area contributed by atoms with Gasteiger partial charge in [-0.1, -0.05) is 12.1 Å². The first-order valence-corrected chi connectivity index (χ1v) is 7.73. The average Bonchev–Trinajstić information content (AvgIpc) is 2.43. The summed E-state index contributed by atoms with van der Waals surface area (Å²) in [6, 6.07) is 4.84. The number of hydrogen-bond donors (Lipinski definition) is 1. The van der Waals surface area contributed by atoms with Gasteiger partial charge in [0.1, 0.15) is 0 Å². The average molecular weight is 316 g/mol. The van der Waals surface area contributed by atoms with E-state index < -0.39 is 31.4 Å². The van der Waals surface area contributed by atoms with E-state index in [1.54, 1.807) is 6.92 Å². The molecule has 9 heteroatoms. The Morgan fingerprint density at radius 2 is 2.05 bits per heavy atom. The van der Waals surface area contributed by atoms with Crippen LogP contribution in [0, 0.1) is 10.1 Å². The third kappa shape index (κ3) is 5.12. The van der Waals surface area contributed by atoms with Gasteiger partial charge in [0.25, 0.3) is 15.7 Å². The third-order valence-corrected chi connectivity index (χ3v) is 3.92. The second-order valence-corrected chi connectivity index (χ2v) is 5.70. The predicted octanol–water partition coefficient (Wildman–Crippen LogP) is 1.22. The number of sulfonamides is 1. The largest absolute Gasteiger partial charge is 0.382 e. The van der Waals surface area contributed by atoms with Gasteiger partial charge in [-0.05, 0) is 19.4 Å².